The fourth-order valence-electron chi connectivity index (χ4n) is 1.94. The van der Waals surface area contributed by atoms with Gasteiger partial charge in [-0.2, -0.15) is 0 Å². The van der Waals surface area contributed by atoms with E-state index in [4.69, 9.17) is 9.84 Å². The Kier molecular flexibility index (Phi) is 4.49. The van der Waals surface area contributed by atoms with Crippen LogP contribution in [0.1, 0.15) is 16.8 Å². The maximum absolute atomic E-state index is 12.3. The van der Waals surface area contributed by atoms with Crippen molar-refractivity contribution in [1.29, 1.82) is 0 Å². The van der Waals surface area contributed by atoms with Crippen molar-refractivity contribution in [2.45, 2.75) is 12.5 Å². The number of rotatable bonds is 3. The zero-order valence-corrected chi connectivity index (χ0v) is 11.7. The van der Waals surface area contributed by atoms with Gasteiger partial charge in [-0.05, 0) is 28.1 Å². The first-order chi connectivity index (χ1) is 9.08. The number of ether oxygens (including phenoxy) is 1. The molecule has 102 valence electrons. The minimum absolute atomic E-state index is 0.0992. The summed E-state index contributed by atoms with van der Waals surface area (Å²) in [5.41, 5.74) is 0.471. The van der Waals surface area contributed by atoms with Crippen LogP contribution in [0, 0.1) is 0 Å². The molecule has 1 aliphatic rings. The summed E-state index contributed by atoms with van der Waals surface area (Å²) in [6.07, 6.45) is 1.04. The van der Waals surface area contributed by atoms with Gasteiger partial charge in [-0.3, -0.25) is 9.59 Å². The molecular formula is C12H13BrN2O4. The zero-order valence-electron chi connectivity index (χ0n) is 10.1. The van der Waals surface area contributed by atoms with Crippen molar-refractivity contribution in [1.82, 2.24) is 9.88 Å². The van der Waals surface area contributed by atoms with Crippen LogP contribution < -0.4 is 0 Å². The molecule has 1 amide bonds. The second-order valence-electron chi connectivity index (χ2n) is 4.18. The average molecular weight is 329 g/mol. The van der Waals surface area contributed by atoms with E-state index >= 15 is 0 Å². The SMILES string of the molecule is O=C(O)CC1CN(C(=O)c2cccnc2Br)CCO1. The molecule has 0 aliphatic carbocycles. The van der Waals surface area contributed by atoms with Crippen LogP contribution in [-0.2, 0) is 9.53 Å². The van der Waals surface area contributed by atoms with Gasteiger partial charge in [-0.15, -0.1) is 0 Å². The fourth-order valence-corrected chi connectivity index (χ4v) is 2.36. The molecule has 0 spiro atoms. The number of aliphatic carboxylic acids is 1. The number of halogens is 1. The van der Waals surface area contributed by atoms with E-state index in [1.165, 1.54) is 0 Å². The molecule has 0 radical (unpaired) electrons. The predicted octanol–water partition coefficient (Wildman–Crippen LogP) is 1.16. The summed E-state index contributed by atoms with van der Waals surface area (Å²) in [7, 11) is 0. The lowest BCUT2D eigenvalue weighted by molar-refractivity contribution is -0.141. The minimum Gasteiger partial charge on any atom is -0.481 e. The van der Waals surface area contributed by atoms with Gasteiger partial charge in [0, 0.05) is 19.3 Å². The summed E-state index contributed by atoms with van der Waals surface area (Å²) in [6.45, 7) is 1.09. The molecule has 1 aromatic rings. The van der Waals surface area contributed by atoms with Crippen LogP contribution in [0.4, 0.5) is 0 Å². The number of hydrogen-bond acceptors (Lipinski definition) is 4. The highest BCUT2D eigenvalue weighted by molar-refractivity contribution is 9.10. The lowest BCUT2D eigenvalue weighted by Crippen LogP contribution is -2.46. The molecule has 1 aliphatic heterocycles. The first-order valence-electron chi connectivity index (χ1n) is 5.81. The third-order valence-corrected chi connectivity index (χ3v) is 3.45. The summed E-state index contributed by atoms with van der Waals surface area (Å²) < 4.78 is 5.82. The van der Waals surface area contributed by atoms with Crippen LogP contribution in [0.2, 0.25) is 0 Å². The van der Waals surface area contributed by atoms with Crippen molar-refractivity contribution in [3.05, 3.63) is 28.5 Å². The van der Waals surface area contributed by atoms with Gasteiger partial charge in [0.2, 0.25) is 0 Å². The normalized spacial score (nSPS) is 19.2. The molecular weight excluding hydrogens is 316 g/mol. The van der Waals surface area contributed by atoms with Crippen molar-refractivity contribution >= 4 is 27.8 Å². The molecule has 2 rings (SSSR count). The van der Waals surface area contributed by atoms with E-state index in [0.717, 1.165) is 0 Å². The first kappa shape index (κ1) is 14.0. The molecule has 1 saturated heterocycles. The molecule has 6 nitrogen and oxygen atoms in total. The van der Waals surface area contributed by atoms with Crippen molar-refractivity contribution in [2.75, 3.05) is 19.7 Å². The molecule has 1 N–H and O–H groups in total. The van der Waals surface area contributed by atoms with Gasteiger partial charge in [0.25, 0.3) is 5.91 Å². The molecule has 1 unspecified atom stereocenters. The van der Waals surface area contributed by atoms with Crippen LogP contribution in [-0.4, -0.2) is 52.7 Å². The number of carbonyl (C=O) groups is 2. The molecule has 1 fully saturated rings. The van der Waals surface area contributed by atoms with E-state index in [1.807, 2.05) is 0 Å². The zero-order chi connectivity index (χ0) is 13.8. The summed E-state index contributed by atoms with van der Waals surface area (Å²) in [4.78, 5) is 28.6. The monoisotopic (exact) mass is 328 g/mol. The number of carboxylic acid groups (broad SMARTS) is 1. The van der Waals surface area contributed by atoms with Gasteiger partial charge in [0.1, 0.15) is 4.60 Å². The average Bonchev–Trinajstić information content (AvgIpc) is 2.38. The van der Waals surface area contributed by atoms with Crippen LogP contribution in [0.15, 0.2) is 22.9 Å². The number of morpholine rings is 1. The van der Waals surface area contributed by atoms with Gasteiger partial charge in [-0.1, -0.05) is 0 Å². The Labute approximate surface area is 118 Å². The Bertz CT molecular complexity index is 494. The summed E-state index contributed by atoms with van der Waals surface area (Å²) in [5.74, 6) is -1.10. The highest BCUT2D eigenvalue weighted by atomic mass is 79.9. The van der Waals surface area contributed by atoms with Crippen molar-refractivity contribution in [3.63, 3.8) is 0 Å². The Morgan fingerprint density at radius 1 is 1.58 bits per heavy atom. The molecule has 1 aromatic heterocycles. The van der Waals surface area contributed by atoms with Crippen molar-refractivity contribution < 1.29 is 19.4 Å². The van der Waals surface area contributed by atoms with E-state index in [9.17, 15) is 9.59 Å². The van der Waals surface area contributed by atoms with Gasteiger partial charge < -0.3 is 14.7 Å². The highest BCUT2D eigenvalue weighted by Gasteiger charge is 2.27. The second kappa shape index (κ2) is 6.12. The third-order valence-electron chi connectivity index (χ3n) is 2.82. The van der Waals surface area contributed by atoms with E-state index in [0.29, 0.717) is 23.3 Å². The lowest BCUT2D eigenvalue weighted by Gasteiger charge is -2.32. The number of pyridine rings is 1. The largest absolute Gasteiger partial charge is 0.481 e. The second-order valence-corrected chi connectivity index (χ2v) is 4.93. The highest BCUT2D eigenvalue weighted by Crippen LogP contribution is 2.17. The van der Waals surface area contributed by atoms with E-state index in [2.05, 4.69) is 20.9 Å². The summed E-state index contributed by atoms with van der Waals surface area (Å²) >= 11 is 3.23. The number of carboxylic acids is 1. The standard InChI is InChI=1S/C12H13BrN2O4/c13-11-9(2-1-3-14-11)12(18)15-4-5-19-8(7-15)6-10(16)17/h1-3,8H,4-7H2,(H,16,17). The van der Waals surface area contributed by atoms with Crippen molar-refractivity contribution in [3.8, 4) is 0 Å². The number of aromatic nitrogens is 1. The third kappa shape index (κ3) is 3.51. The van der Waals surface area contributed by atoms with Crippen LogP contribution in [0.25, 0.3) is 0 Å². The first-order valence-corrected chi connectivity index (χ1v) is 6.60. The Morgan fingerprint density at radius 3 is 3.05 bits per heavy atom. The smallest absolute Gasteiger partial charge is 0.306 e. The number of hydrogen-bond donors (Lipinski definition) is 1. The molecule has 1 atom stereocenters. The van der Waals surface area contributed by atoms with Crippen LogP contribution in [0.3, 0.4) is 0 Å². The fraction of sp³-hybridized carbons (Fsp3) is 0.417. The number of nitrogens with zero attached hydrogens (tertiary/aromatic N) is 2. The molecule has 0 aromatic carbocycles. The Balaban J connectivity index is 2.07. The molecule has 7 heteroatoms. The maximum Gasteiger partial charge on any atom is 0.306 e. The van der Waals surface area contributed by atoms with E-state index in [-0.39, 0.29) is 18.9 Å². The van der Waals surface area contributed by atoms with E-state index in [1.54, 1.807) is 23.2 Å². The van der Waals surface area contributed by atoms with Gasteiger partial charge in [0.15, 0.2) is 0 Å². The van der Waals surface area contributed by atoms with Crippen LogP contribution >= 0.6 is 15.9 Å². The predicted molar refractivity (Wildman–Crippen MR) is 69.8 cm³/mol. The molecule has 0 bridgehead atoms. The molecule has 19 heavy (non-hydrogen) atoms. The van der Waals surface area contributed by atoms with Crippen molar-refractivity contribution in [2.24, 2.45) is 0 Å². The maximum atomic E-state index is 12.3. The Morgan fingerprint density at radius 2 is 2.37 bits per heavy atom. The quantitative estimate of drug-likeness (QED) is 0.842. The number of carbonyl (C=O) groups excluding carboxylic acids is 1. The topological polar surface area (TPSA) is 79.7 Å². The minimum atomic E-state index is -0.929. The van der Waals surface area contributed by atoms with Crippen LogP contribution in [0.5, 0.6) is 0 Å². The Hall–Kier alpha value is -1.47. The molecule has 0 saturated carbocycles. The van der Waals surface area contributed by atoms with Gasteiger partial charge >= 0.3 is 5.97 Å². The van der Waals surface area contributed by atoms with Gasteiger partial charge in [0.05, 0.1) is 24.7 Å². The lowest BCUT2D eigenvalue weighted by atomic mass is 10.1. The van der Waals surface area contributed by atoms with Gasteiger partial charge in [-0.25, -0.2) is 4.98 Å². The summed E-state index contributed by atoms with van der Waals surface area (Å²) in [5, 5.41) is 8.75. The summed E-state index contributed by atoms with van der Waals surface area (Å²) in [6, 6.07) is 3.37. The molecule has 2 heterocycles. The van der Waals surface area contributed by atoms with E-state index < -0.39 is 12.1 Å². The number of amides is 1.